The Morgan fingerprint density at radius 1 is 1.08 bits per heavy atom. The molecule has 5 heteroatoms. The second-order valence-electron chi connectivity index (χ2n) is 6.62. The molecule has 126 valence electrons. The molecule has 0 unspecified atom stereocenters. The van der Waals surface area contributed by atoms with Crippen LogP contribution in [0.15, 0.2) is 42.5 Å². The van der Waals surface area contributed by atoms with Crippen molar-refractivity contribution in [3.05, 3.63) is 69.3 Å². The van der Waals surface area contributed by atoms with Gasteiger partial charge in [0, 0.05) is 23.4 Å². The van der Waals surface area contributed by atoms with Crippen LogP contribution in [-0.4, -0.2) is 31.1 Å². The molecule has 1 fully saturated rings. The van der Waals surface area contributed by atoms with Gasteiger partial charge in [-0.2, -0.15) is 0 Å². The molecular weight excluding hydrogens is 302 g/mol. The Morgan fingerprint density at radius 3 is 2.33 bits per heavy atom. The van der Waals surface area contributed by atoms with Crippen LogP contribution in [0.25, 0.3) is 0 Å². The Labute approximate surface area is 142 Å². The van der Waals surface area contributed by atoms with Gasteiger partial charge in [-0.25, -0.2) is 0 Å². The maximum Gasteiger partial charge on any atom is 0.269 e. The van der Waals surface area contributed by atoms with Crippen LogP contribution in [0.3, 0.4) is 0 Å². The maximum atomic E-state index is 10.7. The molecule has 1 aliphatic rings. The fourth-order valence-electron chi connectivity index (χ4n) is 3.36. The summed E-state index contributed by atoms with van der Waals surface area (Å²) in [5.41, 5.74) is 5.35. The predicted molar refractivity (Wildman–Crippen MR) is 95.6 cm³/mol. The number of rotatable bonds is 4. The van der Waals surface area contributed by atoms with Crippen molar-refractivity contribution in [2.45, 2.75) is 20.4 Å². The van der Waals surface area contributed by atoms with E-state index in [2.05, 4.69) is 36.9 Å². The highest BCUT2D eigenvalue weighted by Gasteiger charge is 2.21. The summed E-state index contributed by atoms with van der Waals surface area (Å²) in [6.45, 7) is 9.53. The van der Waals surface area contributed by atoms with Gasteiger partial charge in [0.05, 0.1) is 31.1 Å². The smallest absolute Gasteiger partial charge is 0.269 e. The largest absolute Gasteiger partial charge is 0.360 e. The van der Waals surface area contributed by atoms with Crippen molar-refractivity contribution in [2.75, 3.05) is 31.1 Å². The van der Waals surface area contributed by atoms with Crippen LogP contribution < -0.4 is 9.80 Å². The minimum atomic E-state index is -0.351. The van der Waals surface area contributed by atoms with Crippen molar-refractivity contribution in [3.63, 3.8) is 0 Å². The summed E-state index contributed by atoms with van der Waals surface area (Å²) in [6.07, 6.45) is 0. The topological polar surface area (TPSA) is 50.8 Å². The highest BCUT2D eigenvalue weighted by molar-refractivity contribution is 5.51. The van der Waals surface area contributed by atoms with Crippen LogP contribution in [0.4, 0.5) is 11.4 Å². The Kier molecular flexibility index (Phi) is 4.81. The number of nitrogens with zero attached hydrogens (tertiary/aromatic N) is 2. The normalized spacial score (nSPS) is 15.5. The number of nitro benzene ring substituents is 1. The van der Waals surface area contributed by atoms with Gasteiger partial charge in [-0.15, -0.1) is 0 Å². The molecule has 2 aromatic rings. The third kappa shape index (κ3) is 3.74. The molecule has 3 rings (SSSR count). The quantitative estimate of drug-likeness (QED) is 0.692. The highest BCUT2D eigenvalue weighted by Crippen LogP contribution is 2.19. The molecule has 1 aliphatic heterocycles. The average molecular weight is 326 g/mol. The third-order valence-electron chi connectivity index (χ3n) is 4.83. The average Bonchev–Trinajstić information content (AvgIpc) is 2.58. The van der Waals surface area contributed by atoms with Crippen LogP contribution in [0.5, 0.6) is 0 Å². The van der Waals surface area contributed by atoms with Crippen LogP contribution in [0, 0.1) is 24.0 Å². The SMILES string of the molecule is Cc1ccc(C[NH+]2CCN(c3ccc([N+](=O)[O-])cc3)CC2)c(C)c1. The number of nitrogens with one attached hydrogen (secondary N) is 1. The molecule has 0 saturated carbocycles. The summed E-state index contributed by atoms with van der Waals surface area (Å²) in [5, 5.41) is 10.7. The molecule has 2 aromatic carbocycles. The van der Waals surface area contributed by atoms with E-state index >= 15 is 0 Å². The van der Waals surface area contributed by atoms with Crippen molar-refractivity contribution in [1.29, 1.82) is 0 Å². The molecule has 0 aromatic heterocycles. The zero-order valence-corrected chi connectivity index (χ0v) is 14.3. The minimum Gasteiger partial charge on any atom is -0.360 e. The van der Waals surface area contributed by atoms with E-state index in [4.69, 9.17) is 0 Å². The summed E-state index contributed by atoms with van der Waals surface area (Å²) in [7, 11) is 0. The van der Waals surface area contributed by atoms with E-state index < -0.39 is 0 Å². The molecule has 5 nitrogen and oxygen atoms in total. The molecule has 0 bridgehead atoms. The number of anilines is 1. The van der Waals surface area contributed by atoms with E-state index in [9.17, 15) is 10.1 Å². The van der Waals surface area contributed by atoms with E-state index in [1.165, 1.54) is 16.7 Å². The Bertz CT molecular complexity index is 720. The molecule has 1 saturated heterocycles. The minimum absolute atomic E-state index is 0.151. The summed E-state index contributed by atoms with van der Waals surface area (Å²) in [5.74, 6) is 0. The van der Waals surface area contributed by atoms with Crippen molar-refractivity contribution < 1.29 is 9.82 Å². The molecule has 0 aliphatic carbocycles. The molecule has 0 amide bonds. The van der Waals surface area contributed by atoms with Crippen LogP contribution in [0.1, 0.15) is 16.7 Å². The second-order valence-corrected chi connectivity index (χ2v) is 6.62. The van der Waals surface area contributed by atoms with Gasteiger partial charge >= 0.3 is 0 Å². The number of nitro groups is 1. The lowest BCUT2D eigenvalue weighted by Crippen LogP contribution is -3.13. The van der Waals surface area contributed by atoms with E-state index in [1.54, 1.807) is 17.0 Å². The van der Waals surface area contributed by atoms with Crippen molar-refractivity contribution >= 4 is 11.4 Å². The van der Waals surface area contributed by atoms with Crippen molar-refractivity contribution in [2.24, 2.45) is 0 Å². The lowest BCUT2D eigenvalue weighted by molar-refractivity contribution is -0.914. The Hall–Kier alpha value is -2.40. The van der Waals surface area contributed by atoms with E-state index in [1.807, 2.05) is 12.1 Å². The maximum absolute atomic E-state index is 10.7. The van der Waals surface area contributed by atoms with E-state index in [0.29, 0.717) is 0 Å². The summed E-state index contributed by atoms with van der Waals surface area (Å²) in [6, 6.07) is 13.6. The summed E-state index contributed by atoms with van der Waals surface area (Å²) < 4.78 is 0. The van der Waals surface area contributed by atoms with Gasteiger partial charge in [0.2, 0.25) is 0 Å². The number of non-ortho nitro benzene ring substituents is 1. The number of benzene rings is 2. The summed E-state index contributed by atoms with van der Waals surface area (Å²) >= 11 is 0. The Balaban J connectivity index is 1.58. The Morgan fingerprint density at radius 2 is 1.75 bits per heavy atom. The van der Waals surface area contributed by atoms with Crippen LogP contribution in [-0.2, 0) is 6.54 Å². The fourth-order valence-corrected chi connectivity index (χ4v) is 3.36. The van der Waals surface area contributed by atoms with Gasteiger partial charge < -0.3 is 9.80 Å². The van der Waals surface area contributed by atoms with E-state index in [-0.39, 0.29) is 10.6 Å². The van der Waals surface area contributed by atoms with Crippen molar-refractivity contribution in [3.8, 4) is 0 Å². The first-order chi connectivity index (χ1) is 11.5. The fraction of sp³-hybridized carbons (Fsp3) is 0.368. The molecule has 0 atom stereocenters. The predicted octanol–water partition coefficient (Wildman–Crippen LogP) is 2.12. The second kappa shape index (κ2) is 7.01. The van der Waals surface area contributed by atoms with Gasteiger partial charge in [-0.3, -0.25) is 10.1 Å². The summed E-state index contributed by atoms with van der Waals surface area (Å²) in [4.78, 5) is 14.3. The van der Waals surface area contributed by atoms with E-state index in [0.717, 1.165) is 38.4 Å². The first kappa shape index (κ1) is 16.5. The monoisotopic (exact) mass is 326 g/mol. The highest BCUT2D eigenvalue weighted by atomic mass is 16.6. The molecule has 1 N–H and O–H groups in total. The first-order valence-electron chi connectivity index (χ1n) is 8.42. The zero-order valence-electron chi connectivity index (χ0n) is 14.3. The number of aryl methyl sites for hydroxylation is 2. The molecule has 0 radical (unpaired) electrons. The van der Waals surface area contributed by atoms with Crippen molar-refractivity contribution in [1.82, 2.24) is 0 Å². The lowest BCUT2D eigenvalue weighted by atomic mass is 10.1. The molecule has 24 heavy (non-hydrogen) atoms. The number of piperazine rings is 1. The zero-order chi connectivity index (χ0) is 17.1. The van der Waals surface area contributed by atoms with Crippen LogP contribution >= 0.6 is 0 Å². The first-order valence-corrected chi connectivity index (χ1v) is 8.42. The van der Waals surface area contributed by atoms with Gasteiger partial charge in [-0.05, 0) is 31.5 Å². The van der Waals surface area contributed by atoms with Crippen LogP contribution in [0.2, 0.25) is 0 Å². The third-order valence-corrected chi connectivity index (χ3v) is 4.83. The van der Waals surface area contributed by atoms with Gasteiger partial charge in [-0.1, -0.05) is 23.8 Å². The number of quaternary nitrogens is 1. The number of hydrogen-bond acceptors (Lipinski definition) is 3. The molecule has 0 spiro atoms. The molecular formula is C19H24N3O2+. The lowest BCUT2D eigenvalue weighted by Gasteiger charge is -2.33. The van der Waals surface area contributed by atoms with Gasteiger partial charge in [0.25, 0.3) is 5.69 Å². The standard InChI is InChI=1S/C19H23N3O2/c1-15-3-4-17(16(2)13-15)14-20-9-11-21(12-10-20)18-5-7-19(8-6-18)22(23)24/h3-8,13H,9-12,14H2,1-2H3/p+1. The van der Waals surface area contributed by atoms with Gasteiger partial charge in [0.15, 0.2) is 0 Å². The van der Waals surface area contributed by atoms with Gasteiger partial charge in [0.1, 0.15) is 6.54 Å². The molecule has 1 heterocycles. The number of hydrogen-bond donors (Lipinski definition) is 1.